The second kappa shape index (κ2) is 9.17. The third kappa shape index (κ3) is 4.94. The van der Waals surface area contributed by atoms with Gasteiger partial charge in [-0.2, -0.15) is 0 Å². The van der Waals surface area contributed by atoms with Crippen molar-refractivity contribution in [2.75, 3.05) is 19.7 Å². The lowest BCUT2D eigenvalue weighted by Crippen LogP contribution is -2.44. The highest BCUT2D eigenvalue weighted by Crippen LogP contribution is 2.19. The zero-order chi connectivity index (χ0) is 18.2. The van der Waals surface area contributed by atoms with E-state index in [1.807, 2.05) is 29.2 Å². The molecule has 6 nitrogen and oxygen atoms in total. The molecule has 1 saturated heterocycles. The van der Waals surface area contributed by atoms with Crippen molar-refractivity contribution in [2.24, 2.45) is 0 Å². The van der Waals surface area contributed by atoms with Gasteiger partial charge in [-0.05, 0) is 49.6 Å². The molecule has 1 atom stereocenters. The summed E-state index contributed by atoms with van der Waals surface area (Å²) in [5.74, 6) is 0.823. The van der Waals surface area contributed by atoms with E-state index in [9.17, 15) is 4.79 Å². The molecule has 26 heavy (non-hydrogen) atoms. The van der Waals surface area contributed by atoms with Crippen molar-refractivity contribution < 1.29 is 14.3 Å². The average Bonchev–Trinajstić information content (AvgIpc) is 2.69. The van der Waals surface area contributed by atoms with E-state index in [0.29, 0.717) is 24.7 Å². The van der Waals surface area contributed by atoms with E-state index in [2.05, 4.69) is 16.9 Å². The minimum Gasteiger partial charge on any atom is -0.494 e. The number of carbonyl (C=O) groups is 1. The van der Waals surface area contributed by atoms with Crippen molar-refractivity contribution in [2.45, 2.75) is 38.7 Å². The van der Waals surface area contributed by atoms with Gasteiger partial charge in [0.1, 0.15) is 11.9 Å². The van der Waals surface area contributed by atoms with Crippen LogP contribution in [0.15, 0.2) is 42.7 Å². The Kier molecular flexibility index (Phi) is 6.41. The Labute approximate surface area is 154 Å². The largest absolute Gasteiger partial charge is 0.494 e. The number of unbranched alkanes of at least 4 members (excludes halogenated alkanes) is 1. The van der Waals surface area contributed by atoms with E-state index in [1.54, 1.807) is 18.5 Å². The Hall–Kier alpha value is -2.63. The zero-order valence-electron chi connectivity index (χ0n) is 15.1. The van der Waals surface area contributed by atoms with Gasteiger partial charge >= 0.3 is 6.01 Å². The Morgan fingerprint density at radius 3 is 2.73 bits per heavy atom. The fourth-order valence-electron chi connectivity index (χ4n) is 2.92. The maximum Gasteiger partial charge on any atom is 0.316 e. The van der Waals surface area contributed by atoms with Gasteiger partial charge in [0.2, 0.25) is 0 Å². The van der Waals surface area contributed by atoms with Crippen LogP contribution in [0.25, 0.3) is 0 Å². The summed E-state index contributed by atoms with van der Waals surface area (Å²) in [7, 11) is 0. The van der Waals surface area contributed by atoms with Gasteiger partial charge in [-0.15, -0.1) is 0 Å². The molecule has 2 aromatic rings. The van der Waals surface area contributed by atoms with Crippen LogP contribution in [0.4, 0.5) is 0 Å². The molecule has 1 aromatic heterocycles. The van der Waals surface area contributed by atoms with Crippen LogP contribution < -0.4 is 9.47 Å². The molecule has 1 aliphatic rings. The number of hydrogen-bond donors (Lipinski definition) is 0. The van der Waals surface area contributed by atoms with Gasteiger partial charge in [0.15, 0.2) is 0 Å². The first kappa shape index (κ1) is 18.2. The standard InChI is InChI=1S/C20H25N3O3/c1-2-3-14-25-17-9-7-16(8-10-17)19(24)23-13-4-6-18(15-23)26-20-21-11-5-12-22-20/h5,7-12,18H,2-4,6,13-15H2,1H3. The minimum absolute atomic E-state index is 0.0207. The smallest absolute Gasteiger partial charge is 0.316 e. The molecular formula is C20H25N3O3. The molecule has 0 radical (unpaired) electrons. The predicted molar refractivity (Wildman–Crippen MR) is 98.4 cm³/mol. The van der Waals surface area contributed by atoms with Crippen LogP contribution >= 0.6 is 0 Å². The summed E-state index contributed by atoms with van der Waals surface area (Å²) in [4.78, 5) is 22.8. The topological polar surface area (TPSA) is 64.5 Å². The van der Waals surface area contributed by atoms with Crippen LogP contribution in [-0.4, -0.2) is 46.6 Å². The molecule has 1 aromatic carbocycles. The van der Waals surface area contributed by atoms with E-state index in [0.717, 1.165) is 38.0 Å². The minimum atomic E-state index is -0.0771. The van der Waals surface area contributed by atoms with E-state index in [1.165, 1.54) is 0 Å². The molecule has 1 amide bonds. The highest BCUT2D eigenvalue weighted by Gasteiger charge is 2.26. The van der Waals surface area contributed by atoms with Crippen LogP contribution in [0.3, 0.4) is 0 Å². The maximum atomic E-state index is 12.8. The number of carbonyl (C=O) groups excluding carboxylic acids is 1. The third-order valence-electron chi connectivity index (χ3n) is 4.35. The third-order valence-corrected chi connectivity index (χ3v) is 4.35. The summed E-state index contributed by atoms with van der Waals surface area (Å²) in [5.41, 5.74) is 0.671. The Balaban J connectivity index is 1.56. The summed E-state index contributed by atoms with van der Waals surface area (Å²) in [6.45, 7) is 4.12. The number of piperidine rings is 1. The Morgan fingerprint density at radius 2 is 2.00 bits per heavy atom. The van der Waals surface area contributed by atoms with Crippen LogP contribution in [0.2, 0.25) is 0 Å². The van der Waals surface area contributed by atoms with E-state index in [-0.39, 0.29) is 12.0 Å². The van der Waals surface area contributed by atoms with Crippen molar-refractivity contribution in [3.05, 3.63) is 48.3 Å². The highest BCUT2D eigenvalue weighted by molar-refractivity contribution is 5.94. The van der Waals surface area contributed by atoms with Gasteiger partial charge in [-0.1, -0.05) is 13.3 Å². The molecule has 0 aliphatic carbocycles. The van der Waals surface area contributed by atoms with Crippen LogP contribution in [-0.2, 0) is 0 Å². The summed E-state index contributed by atoms with van der Waals surface area (Å²) < 4.78 is 11.5. The molecule has 0 bridgehead atoms. The van der Waals surface area contributed by atoms with E-state index in [4.69, 9.17) is 9.47 Å². The summed E-state index contributed by atoms with van der Waals surface area (Å²) in [5, 5.41) is 0. The fraction of sp³-hybridized carbons (Fsp3) is 0.450. The molecule has 1 unspecified atom stereocenters. The van der Waals surface area contributed by atoms with Gasteiger partial charge < -0.3 is 14.4 Å². The van der Waals surface area contributed by atoms with Crippen molar-refractivity contribution in [1.29, 1.82) is 0 Å². The molecule has 138 valence electrons. The van der Waals surface area contributed by atoms with Crippen LogP contribution in [0.1, 0.15) is 43.0 Å². The van der Waals surface area contributed by atoms with Crippen molar-refractivity contribution in [3.8, 4) is 11.8 Å². The molecular weight excluding hydrogens is 330 g/mol. The molecule has 3 rings (SSSR count). The number of likely N-dealkylation sites (tertiary alicyclic amines) is 1. The fourth-order valence-corrected chi connectivity index (χ4v) is 2.92. The van der Waals surface area contributed by atoms with Gasteiger partial charge in [-0.3, -0.25) is 4.79 Å². The number of benzene rings is 1. The second-order valence-corrected chi connectivity index (χ2v) is 6.39. The number of ether oxygens (including phenoxy) is 2. The predicted octanol–water partition coefficient (Wildman–Crippen LogP) is 3.34. The summed E-state index contributed by atoms with van der Waals surface area (Å²) >= 11 is 0. The normalized spacial score (nSPS) is 17.0. The second-order valence-electron chi connectivity index (χ2n) is 6.39. The first-order chi connectivity index (χ1) is 12.8. The molecule has 0 saturated carbocycles. The number of aromatic nitrogens is 2. The van der Waals surface area contributed by atoms with E-state index < -0.39 is 0 Å². The average molecular weight is 355 g/mol. The van der Waals surface area contributed by atoms with Crippen molar-refractivity contribution >= 4 is 5.91 Å². The maximum absolute atomic E-state index is 12.8. The Bertz CT molecular complexity index is 691. The lowest BCUT2D eigenvalue weighted by molar-refractivity contribution is 0.0516. The van der Waals surface area contributed by atoms with Gasteiger partial charge in [0, 0.05) is 24.5 Å². The molecule has 2 heterocycles. The van der Waals surface area contributed by atoms with Crippen molar-refractivity contribution in [3.63, 3.8) is 0 Å². The quantitative estimate of drug-likeness (QED) is 0.713. The number of rotatable bonds is 7. The molecule has 1 aliphatic heterocycles. The highest BCUT2D eigenvalue weighted by atomic mass is 16.5. The zero-order valence-corrected chi connectivity index (χ0v) is 15.1. The molecule has 1 fully saturated rings. The monoisotopic (exact) mass is 355 g/mol. The first-order valence-electron chi connectivity index (χ1n) is 9.22. The van der Waals surface area contributed by atoms with Crippen LogP contribution in [0.5, 0.6) is 11.8 Å². The van der Waals surface area contributed by atoms with Crippen LogP contribution in [0, 0.1) is 0 Å². The van der Waals surface area contributed by atoms with Crippen molar-refractivity contribution in [1.82, 2.24) is 14.9 Å². The molecule has 6 heteroatoms. The summed E-state index contributed by atoms with van der Waals surface area (Å²) in [6.07, 6.45) is 7.15. The van der Waals surface area contributed by atoms with Gasteiger partial charge in [-0.25, -0.2) is 9.97 Å². The van der Waals surface area contributed by atoms with E-state index >= 15 is 0 Å². The number of amides is 1. The Morgan fingerprint density at radius 1 is 1.23 bits per heavy atom. The van der Waals surface area contributed by atoms with Gasteiger partial charge in [0.05, 0.1) is 13.2 Å². The lowest BCUT2D eigenvalue weighted by Gasteiger charge is -2.32. The molecule has 0 N–H and O–H groups in total. The number of nitrogens with zero attached hydrogens (tertiary/aromatic N) is 3. The lowest BCUT2D eigenvalue weighted by atomic mass is 10.1. The summed E-state index contributed by atoms with van der Waals surface area (Å²) in [6, 6.07) is 9.49. The first-order valence-corrected chi connectivity index (χ1v) is 9.22. The van der Waals surface area contributed by atoms with Gasteiger partial charge in [0.25, 0.3) is 5.91 Å². The molecule has 0 spiro atoms. The number of hydrogen-bond acceptors (Lipinski definition) is 5. The SMILES string of the molecule is CCCCOc1ccc(C(=O)N2CCCC(Oc3ncccn3)C2)cc1.